The summed E-state index contributed by atoms with van der Waals surface area (Å²) in [6, 6.07) is 3.20. The monoisotopic (exact) mass is 432 g/mol. The summed E-state index contributed by atoms with van der Waals surface area (Å²) in [7, 11) is 1.62. The highest BCUT2D eigenvalue weighted by molar-refractivity contribution is 5.89. The number of nitrogens with zero attached hydrogens (tertiary/aromatic N) is 6. The van der Waals surface area contributed by atoms with Gasteiger partial charge in [0.15, 0.2) is 17.3 Å². The number of aryl methyl sites for hydroxylation is 1. The van der Waals surface area contributed by atoms with E-state index in [4.69, 9.17) is 5.73 Å². The van der Waals surface area contributed by atoms with Gasteiger partial charge in [0.05, 0.1) is 24.0 Å². The van der Waals surface area contributed by atoms with Crippen LogP contribution in [-0.2, 0) is 6.54 Å². The van der Waals surface area contributed by atoms with Crippen LogP contribution >= 0.6 is 0 Å². The zero-order chi connectivity index (χ0) is 22.1. The quantitative estimate of drug-likeness (QED) is 0.505. The average molecular weight is 432 g/mol. The Bertz CT molecular complexity index is 1220. The Hall–Kier alpha value is -3.37. The zero-order valence-electron chi connectivity index (χ0n) is 17.2. The molecule has 3 N–H and O–H groups in total. The van der Waals surface area contributed by atoms with Crippen molar-refractivity contribution in [2.24, 2.45) is 0 Å². The first kappa shape index (κ1) is 20.9. The number of nitrogens with one attached hydrogen (secondary N) is 1. The van der Waals surface area contributed by atoms with Crippen molar-refractivity contribution >= 4 is 28.4 Å². The number of pyridine rings is 1. The fraction of sp³-hybridized carbons (Fsp3) is 0.400. The second-order valence-corrected chi connectivity index (χ2v) is 7.33. The van der Waals surface area contributed by atoms with Crippen molar-refractivity contribution in [1.29, 1.82) is 0 Å². The van der Waals surface area contributed by atoms with Crippen LogP contribution < -0.4 is 11.1 Å². The summed E-state index contributed by atoms with van der Waals surface area (Å²) in [5, 5.41) is 6.82. The van der Waals surface area contributed by atoms with Crippen LogP contribution in [-0.4, -0.2) is 42.6 Å². The molecule has 5 rings (SSSR count). The Kier molecular flexibility index (Phi) is 5.66. The Morgan fingerprint density at radius 3 is 2.45 bits per heavy atom. The van der Waals surface area contributed by atoms with Crippen LogP contribution in [0.15, 0.2) is 18.3 Å². The topological polar surface area (TPSA) is 99.0 Å². The summed E-state index contributed by atoms with van der Waals surface area (Å²) in [6.07, 6.45) is 4.60. The third kappa shape index (κ3) is 3.99. The lowest BCUT2D eigenvalue weighted by molar-refractivity contribution is 0.127. The molecule has 164 valence electrons. The van der Waals surface area contributed by atoms with Gasteiger partial charge in [0.25, 0.3) is 6.43 Å². The molecule has 0 amide bonds. The van der Waals surface area contributed by atoms with E-state index in [-0.39, 0.29) is 22.9 Å². The molecule has 0 saturated heterocycles. The van der Waals surface area contributed by atoms with Gasteiger partial charge in [0.1, 0.15) is 16.9 Å². The minimum atomic E-state index is -2.56. The normalized spacial score (nSPS) is 13.4. The van der Waals surface area contributed by atoms with Crippen LogP contribution in [0.1, 0.15) is 31.5 Å². The van der Waals surface area contributed by atoms with Gasteiger partial charge in [-0.2, -0.15) is 4.98 Å². The molecule has 0 aromatic carbocycles. The number of hydrogen-bond donors (Lipinski definition) is 2. The fourth-order valence-electron chi connectivity index (χ4n) is 3.35. The molecule has 11 heteroatoms. The summed E-state index contributed by atoms with van der Waals surface area (Å²) in [4.78, 5) is 12.7. The number of halogens is 3. The lowest BCUT2D eigenvalue weighted by Gasteiger charge is -2.08. The van der Waals surface area contributed by atoms with Crippen molar-refractivity contribution in [1.82, 2.24) is 29.1 Å². The minimum absolute atomic E-state index is 0.0255. The van der Waals surface area contributed by atoms with Crippen LogP contribution in [0.25, 0.3) is 27.9 Å². The largest absolute Gasteiger partial charge is 0.371 e. The standard InChI is InChI=1S/C16H15F3N8.C4H8/c1-7-22-10-4-3-9(23-15(10)26(7)6-11(18)19)12-8(17)5-27-13(12)14(21-2)24-16(20)25-27;1-2-4-3-1/h3-5,11H,6H2,1-2H3,(H3,20,21,24,25);1-4H2. The molecule has 1 saturated carbocycles. The summed E-state index contributed by atoms with van der Waals surface area (Å²) >= 11 is 0. The number of nitrogen functional groups attached to an aromatic ring is 1. The van der Waals surface area contributed by atoms with Crippen LogP contribution in [0.4, 0.5) is 24.9 Å². The Labute approximate surface area is 176 Å². The Balaban J connectivity index is 0.000000520. The van der Waals surface area contributed by atoms with E-state index < -0.39 is 18.8 Å². The number of imidazole rings is 1. The first-order valence-electron chi connectivity index (χ1n) is 10.0. The molecule has 0 bridgehead atoms. The van der Waals surface area contributed by atoms with Gasteiger partial charge >= 0.3 is 0 Å². The van der Waals surface area contributed by atoms with E-state index in [2.05, 4.69) is 25.4 Å². The van der Waals surface area contributed by atoms with E-state index in [1.54, 1.807) is 26.1 Å². The second kappa shape index (κ2) is 8.40. The molecule has 0 unspecified atom stereocenters. The van der Waals surface area contributed by atoms with Gasteiger partial charge in [0, 0.05) is 7.05 Å². The van der Waals surface area contributed by atoms with Gasteiger partial charge < -0.3 is 15.6 Å². The van der Waals surface area contributed by atoms with Crippen molar-refractivity contribution in [3.05, 3.63) is 30.0 Å². The second-order valence-electron chi connectivity index (χ2n) is 7.33. The molecule has 0 radical (unpaired) electrons. The van der Waals surface area contributed by atoms with E-state index in [9.17, 15) is 13.2 Å². The predicted molar refractivity (Wildman–Crippen MR) is 113 cm³/mol. The van der Waals surface area contributed by atoms with Crippen molar-refractivity contribution in [2.75, 3.05) is 18.1 Å². The highest BCUT2D eigenvalue weighted by Crippen LogP contribution is 2.32. The van der Waals surface area contributed by atoms with Crippen LogP contribution in [0.5, 0.6) is 0 Å². The third-order valence-corrected chi connectivity index (χ3v) is 5.20. The third-order valence-electron chi connectivity index (χ3n) is 5.20. The zero-order valence-corrected chi connectivity index (χ0v) is 17.2. The average Bonchev–Trinajstić information content (AvgIpc) is 3.15. The van der Waals surface area contributed by atoms with E-state index in [0.717, 1.165) is 6.20 Å². The number of hydrogen-bond acceptors (Lipinski definition) is 6. The van der Waals surface area contributed by atoms with Gasteiger partial charge in [-0.3, -0.25) is 0 Å². The molecular formula is C20H23F3N8. The summed E-state index contributed by atoms with van der Waals surface area (Å²) in [6.45, 7) is 1.08. The first-order chi connectivity index (χ1) is 14.9. The molecule has 1 aliphatic carbocycles. The number of anilines is 2. The summed E-state index contributed by atoms with van der Waals surface area (Å²) in [5.74, 6) is 0.113. The number of alkyl halides is 2. The lowest BCUT2D eigenvalue weighted by Crippen LogP contribution is -2.09. The van der Waals surface area contributed by atoms with Gasteiger partial charge in [0.2, 0.25) is 5.95 Å². The van der Waals surface area contributed by atoms with Crippen molar-refractivity contribution in [3.63, 3.8) is 0 Å². The van der Waals surface area contributed by atoms with E-state index >= 15 is 0 Å². The van der Waals surface area contributed by atoms with Crippen LogP contribution in [0.2, 0.25) is 0 Å². The maximum atomic E-state index is 14.7. The molecule has 1 fully saturated rings. The maximum absolute atomic E-state index is 14.7. The molecule has 0 spiro atoms. The van der Waals surface area contributed by atoms with Crippen molar-refractivity contribution in [3.8, 4) is 11.3 Å². The fourth-order valence-corrected chi connectivity index (χ4v) is 3.35. The molecule has 1 aliphatic rings. The van der Waals surface area contributed by atoms with Crippen LogP contribution in [0.3, 0.4) is 0 Å². The van der Waals surface area contributed by atoms with E-state index in [1.807, 2.05) is 0 Å². The SMILES string of the molecule is C1CCC1.CNc1nc(N)nn2cc(F)c(-c3ccc4nc(C)n(CC(F)F)c4n3)c12. The molecular weight excluding hydrogens is 409 g/mol. The number of rotatable bonds is 4. The lowest BCUT2D eigenvalue weighted by atomic mass is 10.0. The Morgan fingerprint density at radius 2 is 1.84 bits per heavy atom. The number of fused-ring (bicyclic) bond motifs is 2. The van der Waals surface area contributed by atoms with Gasteiger partial charge in [-0.15, -0.1) is 5.10 Å². The molecule has 0 atom stereocenters. The molecule has 8 nitrogen and oxygen atoms in total. The molecule has 4 heterocycles. The first-order valence-corrected chi connectivity index (χ1v) is 10.0. The van der Waals surface area contributed by atoms with Gasteiger partial charge in [-0.1, -0.05) is 25.7 Å². The van der Waals surface area contributed by atoms with E-state index in [0.29, 0.717) is 22.7 Å². The van der Waals surface area contributed by atoms with Crippen molar-refractivity contribution < 1.29 is 13.2 Å². The van der Waals surface area contributed by atoms with Crippen LogP contribution in [0, 0.1) is 12.7 Å². The predicted octanol–water partition coefficient (Wildman–Crippen LogP) is 4.04. The minimum Gasteiger partial charge on any atom is -0.371 e. The molecule has 4 aromatic heterocycles. The highest BCUT2D eigenvalue weighted by Gasteiger charge is 2.21. The van der Waals surface area contributed by atoms with Gasteiger partial charge in [-0.25, -0.2) is 27.7 Å². The summed E-state index contributed by atoms with van der Waals surface area (Å²) in [5.41, 5.74) is 7.08. The molecule has 31 heavy (non-hydrogen) atoms. The maximum Gasteiger partial charge on any atom is 0.256 e. The molecule has 0 aliphatic heterocycles. The summed E-state index contributed by atoms with van der Waals surface area (Å²) < 4.78 is 43.1. The van der Waals surface area contributed by atoms with Crippen molar-refractivity contribution in [2.45, 2.75) is 45.6 Å². The smallest absolute Gasteiger partial charge is 0.256 e. The Morgan fingerprint density at radius 1 is 1.13 bits per heavy atom. The van der Waals surface area contributed by atoms with E-state index in [1.165, 1.54) is 34.8 Å². The number of aromatic nitrogens is 6. The van der Waals surface area contributed by atoms with Gasteiger partial charge in [-0.05, 0) is 19.1 Å². The molecule has 4 aromatic rings. The number of nitrogens with two attached hydrogens (primary N) is 1. The highest BCUT2D eigenvalue weighted by atomic mass is 19.3.